The Kier molecular flexibility index (Phi) is 3.26. The number of nitrogens with zero attached hydrogens (tertiary/aromatic N) is 1. The van der Waals surface area contributed by atoms with Gasteiger partial charge in [-0.1, -0.05) is 0 Å². The summed E-state index contributed by atoms with van der Waals surface area (Å²) in [5.74, 6) is -1.14. The molecular formula is C6H5BrF2N2O3S. The Balaban J connectivity index is 3.59. The van der Waals surface area contributed by atoms with E-state index in [-0.39, 0.29) is 4.47 Å². The number of alkyl halides is 2. The normalized spacial score (nSPS) is 12.1. The lowest BCUT2D eigenvalue weighted by Gasteiger charge is -2.08. The maximum absolute atomic E-state index is 12.3. The van der Waals surface area contributed by atoms with Crippen molar-refractivity contribution < 1.29 is 22.3 Å². The third kappa shape index (κ3) is 2.41. The summed E-state index contributed by atoms with van der Waals surface area (Å²) < 4.78 is 46.3. The molecule has 5 nitrogen and oxygen atoms in total. The monoisotopic (exact) mass is 302 g/mol. The van der Waals surface area contributed by atoms with Crippen LogP contribution in [0.1, 0.15) is 12.1 Å². The van der Waals surface area contributed by atoms with Crippen molar-refractivity contribution in [3.63, 3.8) is 0 Å². The van der Waals surface area contributed by atoms with E-state index in [2.05, 4.69) is 20.9 Å². The van der Waals surface area contributed by atoms with E-state index in [1.807, 2.05) is 0 Å². The molecule has 1 heterocycles. The van der Waals surface area contributed by atoms with Crippen molar-refractivity contribution in [2.75, 3.05) is 0 Å². The van der Waals surface area contributed by atoms with Gasteiger partial charge in [0.2, 0.25) is 10.0 Å². The summed E-state index contributed by atoms with van der Waals surface area (Å²) in [5, 5.41) is 14.0. The highest BCUT2D eigenvalue weighted by molar-refractivity contribution is 9.10. The fraction of sp³-hybridized carbons (Fsp3) is 0.167. The van der Waals surface area contributed by atoms with Gasteiger partial charge >= 0.3 is 0 Å². The predicted molar refractivity (Wildman–Crippen MR) is 49.9 cm³/mol. The van der Waals surface area contributed by atoms with Gasteiger partial charge in [0, 0.05) is 6.20 Å². The summed E-state index contributed by atoms with van der Waals surface area (Å²) in [4.78, 5) is 2.39. The van der Waals surface area contributed by atoms with Crippen LogP contribution in [-0.4, -0.2) is 18.5 Å². The lowest BCUT2D eigenvalue weighted by atomic mass is 10.3. The van der Waals surface area contributed by atoms with Crippen LogP contribution in [0.4, 0.5) is 8.78 Å². The van der Waals surface area contributed by atoms with Gasteiger partial charge in [0.15, 0.2) is 5.75 Å². The molecule has 0 fully saturated rings. The standard InChI is InChI=1S/C6H5BrF2N2O3S/c7-2-1-11-3(6(8)9)4(12)5(2)15(10,13)14/h1,6,12H,(H2,10,13,14). The van der Waals surface area contributed by atoms with Crippen LogP contribution in [0.15, 0.2) is 15.6 Å². The van der Waals surface area contributed by atoms with Crippen LogP contribution in [0.5, 0.6) is 5.75 Å². The number of aromatic nitrogens is 1. The van der Waals surface area contributed by atoms with Crippen LogP contribution < -0.4 is 5.14 Å². The zero-order valence-electron chi connectivity index (χ0n) is 6.99. The Hall–Kier alpha value is -0.800. The number of rotatable bonds is 2. The van der Waals surface area contributed by atoms with Gasteiger partial charge in [0.1, 0.15) is 10.6 Å². The summed E-state index contributed by atoms with van der Waals surface area (Å²) >= 11 is 2.74. The van der Waals surface area contributed by atoms with E-state index in [9.17, 15) is 22.3 Å². The van der Waals surface area contributed by atoms with Crippen molar-refractivity contribution in [2.45, 2.75) is 11.3 Å². The average molecular weight is 303 g/mol. The van der Waals surface area contributed by atoms with Gasteiger partial charge in [-0.3, -0.25) is 4.98 Å². The number of hydrogen-bond donors (Lipinski definition) is 2. The van der Waals surface area contributed by atoms with Gasteiger partial charge < -0.3 is 5.11 Å². The quantitative estimate of drug-likeness (QED) is 0.856. The molecule has 0 saturated heterocycles. The first-order valence-electron chi connectivity index (χ1n) is 3.43. The molecule has 0 atom stereocenters. The van der Waals surface area contributed by atoms with Gasteiger partial charge in [-0.2, -0.15) is 0 Å². The maximum atomic E-state index is 12.3. The second-order valence-electron chi connectivity index (χ2n) is 2.51. The van der Waals surface area contributed by atoms with Crippen molar-refractivity contribution in [1.29, 1.82) is 0 Å². The molecule has 1 rings (SSSR count). The highest BCUT2D eigenvalue weighted by atomic mass is 79.9. The molecule has 0 aliphatic carbocycles. The molecule has 0 aliphatic rings. The van der Waals surface area contributed by atoms with Gasteiger partial charge in [-0.25, -0.2) is 22.3 Å². The summed E-state index contributed by atoms with van der Waals surface area (Å²) in [6.45, 7) is 0. The number of aromatic hydroxyl groups is 1. The molecule has 0 aromatic carbocycles. The van der Waals surface area contributed by atoms with Crippen LogP contribution in [0.2, 0.25) is 0 Å². The van der Waals surface area contributed by atoms with E-state index in [4.69, 9.17) is 5.14 Å². The SMILES string of the molecule is NS(=O)(=O)c1c(Br)cnc(C(F)F)c1O. The van der Waals surface area contributed by atoms with Crippen LogP contribution in [0.3, 0.4) is 0 Å². The Morgan fingerprint density at radius 2 is 2.07 bits per heavy atom. The van der Waals surface area contributed by atoms with Crippen molar-refractivity contribution in [3.05, 3.63) is 16.4 Å². The Labute approximate surface area is 92.1 Å². The number of nitrogens with two attached hydrogens (primary N) is 1. The van der Waals surface area contributed by atoms with Gasteiger partial charge in [-0.15, -0.1) is 0 Å². The minimum atomic E-state index is -4.29. The summed E-state index contributed by atoms with van der Waals surface area (Å²) in [5.41, 5.74) is -1.03. The molecule has 0 saturated carbocycles. The van der Waals surface area contributed by atoms with E-state index in [1.54, 1.807) is 0 Å². The lowest BCUT2D eigenvalue weighted by molar-refractivity contribution is 0.141. The molecule has 0 aliphatic heterocycles. The average Bonchev–Trinajstić information content (AvgIpc) is 2.00. The lowest BCUT2D eigenvalue weighted by Crippen LogP contribution is -2.14. The molecule has 0 unspecified atom stereocenters. The molecule has 15 heavy (non-hydrogen) atoms. The first-order valence-corrected chi connectivity index (χ1v) is 5.77. The molecule has 1 aromatic heterocycles. The first kappa shape index (κ1) is 12.3. The third-order valence-electron chi connectivity index (χ3n) is 1.48. The first-order chi connectivity index (χ1) is 6.75. The minimum absolute atomic E-state index is 0.174. The molecule has 0 spiro atoms. The van der Waals surface area contributed by atoms with Crippen molar-refractivity contribution in [2.24, 2.45) is 5.14 Å². The van der Waals surface area contributed by atoms with Crippen molar-refractivity contribution in [1.82, 2.24) is 4.98 Å². The van der Waals surface area contributed by atoms with E-state index < -0.39 is 32.8 Å². The number of halogens is 3. The number of primary sulfonamides is 1. The summed E-state index contributed by atoms with van der Waals surface area (Å²) in [6, 6.07) is 0. The Morgan fingerprint density at radius 1 is 1.53 bits per heavy atom. The smallest absolute Gasteiger partial charge is 0.284 e. The van der Waals surface area contributed by atoms with Crippen LogP contribution >= 0.6 is 15.9 Å². The summed E-state index contributed by atoms with van der Waals surface area (Å²) in [7, 11) is -4.29. The number of sulfonamides is 1. The minimum Gasteiger partial charge on any atom is -0.504 e. The van der Waals surface area contributed by atoms with E-state index >= 15 is 0 Å². The Bertz CT molecular complexity index is 491. The fourth-order valence-electron chi connectivity index (χ4n) is 0.906. The molecular weight excluding hydrogens is 298 g/mol. The van der Waals surface area contributed by atoms with Crippen LogP contribution in [0, 0.1) is 0 Å². The third-order valence-corrected chi connectivity index (χ3v) is 3.33. The molecule has 84 valence electrons. The van der Waals surface area contributed by atoms with Crippen LogP contribution in [-0.2, 0) is 10.0 Å². The van der Waals surface area contributed by atoms with Crippen molar-refractivity contribution in [3.8, 4) is 5.75 Å². The van der Waals surface area contributed by atoms with Gasteiger partial charge in [0.25, 0.3) is 6.43 Å². The summed E-state index contributed by atoms with van der Waals surface area (Å²) in [6.07, 6.45) is -2.25. The van der Waals surface area contributed by atoms with Gasteiger partial charge in [-0.05, 0) is 15.9 Å². The molecule has 0 bridgehead atoms. The second-order valence-corrected chi connectivity index (χ2v) is 4.87. The Morgan fingerprint density at radius 3 is 2.47 bits per heavy atom. The van der Waals surface area contributed by atoms with E-state index in [0.29, 0.717) is 0 Å². The molecule has 0 amide bonds. The van der Waals surface area contributed by atoms with E-state index in [1.165, 1.54) is 0 Å². The zero-order chi connectivity index (χ0) is 11.8. The topological polar surface area (TPSA) is 93.3 Å². The van der Waals surface area contributed by atoms with E-state index in [0.717, 1.165) is 6.20 Å². The number of hydrogen-bond acceptors (Lipinski definition) is 4. The molecule has 3 N–H and O–H groups in total. The number of pyridine rings is 1. The predicted octanol–water partition coefficient (Wildman–Crippen LogP) is 1.13. The molecule has 0 radical (unpaired) electrons. The maximum Gasteiger partial charge on any atom is 0.284 e. The zero-order valence-corrected chi connectivity index (χ0v) is 9.39. The molecule has 9 heteroatoms. The van der Waals surface area contributed by atoms with Crippen molar-refractivity contribution >= 4 is 26.0 Å². The largest absolute Gasteiger partial charge is 0.504 e. The highest BCUT2D eigenvalue weighted by Gasteiger charge is 2.25. The molecule has 1 aromatic rings. The highest BCUT2D eigenvalue weighted by Crippen LogP contribution is 2.35. The van der Waals surface area contributed by atoms with Gasteiger partial charge in [0.05, 0.1) is 4.47 Å². The fourth-order valence-corrected chi connectivity index (χ4v) is 2.57. The second kappa shape index (κ2) is 3.99. The van der Waals surface area contributed by atoms with Crippen LogP contribution in [0.25, 0.3) is 0 Å².